The van der Waals surface area contributed by atoms with Gasteiger partial charge in [-0.15, -0.1) is 0 Å². The third-order valence-electron chi connectivity index (χ3n) is 5.24. The predicted octanol–water partition coefficient (Wildman–Crippen LogP) is 1.49. The van der Waals surface area contributed by atoms with Gasteiger partial charge in [-0.2, -0.15) is 0 Å². The molecule has 0 radical (unpaired) electrons. The quantitative estimate of drug-likeness (QED) is 0.663. The van der Waals surface area contributed by atoms with Crippen LogP contribution < -0.4 is 10.6 Å². The molecule has 0 aromatic heterocycles. The number of nitrogens with one attached hydrogen (secondary N) is 2. The number of hydrogen-bond donors (Lipinski definition) is 3. The van der Waals surface area contributed by atoms with Crippen molar-refractivity contribution in [1.29, 1.82) is 0 Å². The number of nitrogens with zero attached hydrogens (tertiary/aromatic N) is 1. The van der Waals surface area contributed by atoms with Crippen LogP contribution in [0, 0.1) is 0 Å². The summed E-state index contributed by atoms with van der Waals surface area (Å²) in [5.41, 5.74) is 2.03. The molecule has 0 spiro atoms. The van der Waals surface area contributed by atoms with Gasteiger partial charge < -0.3 is 20.6 Å². The van der Waals surface area contributed by atoms with Crippen molar-refractivity contribution in [3.63, 3.8) is 0 Å². The minimum Gasteiger partial charge on any atom is -0.392 e. The Balaban J connectivity index is 1.69. The fourth-order valence-electron chi connectivity index (χ4n) is 3.59. The maximum atomic E-state index is 13.2. The van der Waals surface area contributed by atoms with E-state index in [1.807, 2.05) is 60.7 Å². The van der Waals surface area contributed by atoms with Crippen LogP contribution in [0.5, 0.6) is 0 Å². The lowest BCUT2D eigenvalue weighted by atomic mass is 10.0. The minimum atomic E-state index is -0.646. The van der Waals surface area contributed by atoms with Crippen molar-refractivity contribution in [2.75, 3.05) is 13.6 Å². The van der Waals surface area contributed by atoms with Gasteiger partial charge in [-0.1, -0.05) is 60.7 Å². The standard InChI is InChI=1S/C23H29N3O3/c1-26(16-18-10-6-3-7-11-18)23(29)21(14-17-8-4-2-5-9-17)25-22(28)20-13-12-19(27)15-24-20/h2-11,19-21,24,27H,12-16H2,1H3,(H,25,28)/t19-,20+,21+/m1/s1. The van der Waals surface area contributed by atoms with Crippen molar-refractivity contribution in [1.82, 2.24) is 15.5 Å². The highest BCUT2D eigenvalue weighted by molar-refractivity contribution is 5.90. The molecular formula is C23H29N3O3. The van der Waals surface area contributed by atoms with Crippen LogP contribution in [0.2, 0.25) is 0 Å². The molecule has 1 aliphatic heterocycles. The number of rotatable bonds is 7. The van der Waals surface area contributed by atoms with Crippen LogP contribution in [-0.4, -0.2) is 53.6 Å². The summed E-state index contributed by atoms with van der Waals surface area (Å²) in [5, 5.41) is 15.6. The zero-order valence-corrected chi connectivity index (χ0v) is 16.8. The zero-order valence-electron chi connectivity index (χ0n) is 16.8. The Morgan fingerprint density at radius 3 is 2.28 bits per heavy atom. The van der Waals surface area contributed by atoms with Gasteiger partial charge in [0.05, 0.1) is 12.1 Å². The molecule has 2 amide bonds. The van der Waals surface area contributed by atoms with Gasteiger partial charge in [0.1, 0.15) is 6.04 Å². The van der Waals surface area contributed by atoms with E-state index in [0.29, 0.717) is 32.4 Å². The van der Waals surface area contributed by atoms with Gasteiger partial charge in [0, 0.05) is 26.6 Å². The van der Waals surface area contributed by atoms with E-state index in [0.717, 1.165) is 11.1 Å². The molecule has 6 heteroatoms. The summed E-state index contributed by atoms with van der Waals surface area (Å²) in [4.78, 5) is 27.6. The molecule has 0 aliphatic carbocycles. The van der Waals surface area contributed by atoms with Crippen molar-refractivity contribution >= 4 is 11.8 Å². The summed E-state index contributed by atoms with van der Waals surface area (Å²) in [5.74, 6) is -0.318. The molecule has 2 aromatic carbocycles. The van der Waals surface area contributed by atoms with Crippen molar-refractivity contribution in [2.24, 2.45) is 0 Å². The molecule has 154 valence electrons. The van der Waals surface area contributed by atoms with Crippen LogP contribution in [0.3, 0.4) is 0 Å². The fraction of sp³-hybridized carbons (Fsp3) is 0.391. The van der Waals surface area contributed by atoms with E-state index in [9.17, 15) is 14.7 Å². The van der Waals surface area contributed by atoms with E-state index in [1.165, 1.54) is 0 Å². The van der Waals surface area contributed by atoms with Gasteiger partial charge >= 0.3 is 0 Å². The van der Waals surface area contributed by atoms with Gasteiger partial charge in [0.15, 0.2) is 0 Å². The van der Waals surface area contributed by atoms with Gasteiger partial charge in [0.25, 0.3) is 0 Å². The molecule has 0 unspecified atom stereocenters. The minimum absolute atomic E-state index is 0.123. The highest BCUT2D eigenvalue weighted by Gasteiger charge is 2.30. The van der Waals surface area contributed by atoms with Gasteiger partial charge in [-0.25, -0.2) is 0 Å². The molecule has 1 aliphatic rings. The van der Waals surface area contributed by atoms with Crippen LogP contribution in [0.25, 0.3) is 0 Å². The molecule has 29 heavy (non-hydrogen) atoms. The number of hydrogen-bond acceptors (Lipinski definition) is 4. The smallest absolute Gasteiger partial charge is 0.245 e. The third kappa shape index (κ3) is 6.14. The highest BCUT2D eigenvalue weighted by Crippen LogP contribution is 2.12. The first-order valence-electron chi connectivity index (χ1n) is 10.1. The molecule has 1 heterocycles. The van der Waals surface area contributed by atoms with Crippen molar-refractivity contribution in [3.05, 3.63) is 71.8 Å². The summed E-state index contributed by atoms with van der Waals surface area (Å²) in [6, 6.07) is 18.5. The Kier molecular flexibility index (Phi) is 7.38. The topological polar surface area (TPSA) is 81.7 Å². The van der Waals surface area contributed by atoms with Gasteiger partial charge in [-0.3, -0.25) is 9.59 Å². The second kappa shape index (κ2) is 10.2. The number of piperidine rings is 1. The maximum absolute atomic E-state index is 13.2. The lowest BCUT2D eigenvalue weighted by molar-refractivity contribution is -0.136. The maximum Gasteiger partial charge on any atom is 0.245 e. The van der Waals surface area contributed by atoms with Crippen LogP contribution >= 0.6 is 0 Å². The number of aliphatic hydroxyl groups is 1. The zero-order chi connectivity index (χ0) is 20.6. The van der Waals surface area contributed by atoms with E-state index in [-0.39, 0.29) is 17.9 Å². The molecule has 0 bridgehead atoms. The number of carbonyl (C=O) groups is 2. The second-order valence-electron chi connectivity index (χ2n) is 7.62. The summed E-state index contributed by atoms with van der Waals surface area (Å²) in [6.45, 7) is 0.873. The number of benzene rings is 2. The SMILES string of the molecule is CN(Cc1ccccc1)C(=O)[C@H](Cc1ccccc1)NC(=O)[C@@H]1CC[C@@H](O)CN1. The Hall–Kier alpha value is -2.70. The Bertz CT molecular complexity index is 790. The lowest BCUT2D eigenvalue weighted by Gasteiger charge is -2.29. The first-order valence-corrected chi connectivity index (χ1v) is 10.1. The lowest BCUT2D eigenvalue weighted by Crippen LogP contribution is -2.56. The molecule has 3 atom stereocenters. The van der Waals surface area contributed by atoms with Gasteiger partial charge in [-0.05, 0) is 24.0 Å². The van der Waals surface area contributed by atoms with Crippen LogP contribution in [0.15, 0.2) is 60.7 Å². The monoisotopic (exact) mass is 395 g/mol. The number of carbonyl (C=O) groups excluding carboxylic acids is 2. The van der Waals surface area contributed by atoms with E-state index in [2.05, 4.69) is 10.6 Å². The molecule has 3 rings (SSSR count). The average molecular weight is 396 g/mol. The van der Waals surface area contributed by atoms with Crippen LogP contribution in [0.1, 0.15) is 24.0 Å². The molecule has 2 aromatic rings. The first-order chi connectivity index (χ1) is 14.0. The fourth-order valence-corrected chi connectivity index (χ4v) is 3.59. The van der Waals surface area contributed by atoms with Crippen LogP contribution in [-0.2, 0) is 22.6 Å². The van der Waals surface area contributed by atoms with Crippen LogP contribution in [0.4, 0.5) is 0 Å². The predicted molar refractivity (Wildman–Crippen MR) is 112 cm³/mol. The number of aliphatic hydroxyl groups excluding tert-OH is 1. The molecule has 6 nitrogen and oxygen atoms in total. The molecule has 0 saturated carbocycles. The van der Waals surface area contributed by atoms with E-state index >= 15 is 0 Å². The van der Waals surface area contributed by atoms with E-state index in [1.54, 1.807) is 11.9 Å². The molecule has 3 N–H and O–H groups in total. The highest BCUT2D eigenvalue weighted by atomic mass is 16.3. The number of likely N-dealkylation sites (N-methyl/N-ethyl adjacent to an activating group) is 1. The Morgan fingerprint density at radius 2 is 1.69 bits per heavy atom. The summed E-state index contributed by atoms with van der Waals surface area (Å²) in [6.07, 6.45) is 1.15. The van der Waals surface area contributed by atoms with E-state index in [4.69, 9.17) is 0 Å². The molecular weight excluding hydrogens is 366 g/mol. The second-order valence-corrected chi connectivity index (χ2v) is 7.62. The van der Waals surface area contributed by atoms with E-state index < -0.39 is 12.1 Å². The summed E-state index contributed by atoms with van der Waals surface area (Å²) < 4.78 is 0. The normalized spacial score (nSPS) is 19.9. The number of amides is 2. The average Bonchev–Trinajstić information content (AvgIpc) is 2.74. The first kappa shape index (κ1) is 21.0. The Morgan fingerprint density at radius 1 is 1.07 bits per heavy atom. The van der Waals surface area contributed by atoms with Crippen molar-refractivity contribution in [3.8, 4) is 0 Å². The van der Waals surface area contributed by atoms with Gasteiger partial charge in [0.2, 0.25) is 11.8 Å². The van der Waals surface area contributed by atoms with Crippen molar-refractivity contribution in [2.45, 2.75) is 44.0 Å². The summed E-state index contributed by atoms with van der Waals surface area (Å²) >= 11 is 0. The summed E-state index contributed by atoms with van der Waals surface area (Å²) in [7, 11) is 1.76. The largest absolute Gasteiger partial charge is 0.392 e. The third-order valence-corrected chi connectivity index (χ3v) is 5.24. The van der Waals surface area contributed by atoms with Crippen molar-refractivity contribution < 1.29 is 14.7 Å². The molecule has 1 fully saturated rings. The number of β-amino-alcohol motifs (C(OH)–C–C–N with tert-alkyl or cyclic N) is 1. The molecule has 1 saturated heterocycles. The Labute approximate surface area is 171 Å².